The van der Waals surface area contributed by atoms with Crippen LogP contribution in [0.1, 0.15) is 74.4 Å². The molecule has 7 nitrogen and oxygen atoms in total. The van der Waals surface area contributed by atoms with E-state index in [1.165, 1.54) is 19.3 Å². The van der Waals surface area contributed by atoms with Gasteiger partial charge >= 0.3 is 0 Å². The Morgan fingerprint density at radius 3 is 2.84 bits per heavy atom. The van der Waals surface area contributed by atoms with E-state index < -0.39 is 0 Å². The highest BCUT2D eigenvalue weighted by molar-refractivity contribution is 5.12. The van der Waals surface area contributed by atoms with Gasteiger partial charge in [0.25, 0.3) is 0 Å². The van der Waals surface area contributed by atoms with Gasteiger partial charge in [0.15, 0.2) is 0 Å². The predicted octanol–water partition coefficient (Wildman–Crippen LogP) is 3.29. The monoisotopic (exact) mass is 346 g/mol. The highest BCUT2D eigenvalue weighted by Crippen LogP contribution is 2.39. The van der Waals surface area contributed by atoms with Crippen molar-refractivity contribution in [2.24, 2.45) is 7.05 Å². The Bertz CT molecular complexity index is 677. The van der Waals surface area contributed by atoms with E-state index in [1.807, 2.05) is 17.8 Å². The third-order valence-corrected chi connectivity index (χ3v) is 5.27. The van der Waals surface area contributed by atoms with Crippen molar-refractivity contribution in [2.45, 2.75) is 69.7 Å². The summed E-state index contributed by atoms with van der Waals surface area (Å²) in [5.74, 6) is 1.28. The number of aryl methyl sites for hydroxylation is 1. The summed E-state index contributed by atoms with van der Waals surface area (Å²) in [7, 11) is 1.93. The van der Waals surface area contributed by atoms with Gasteiger partial charge in [0.2, 0.25) is 11.8 Å². The van der Waals surface area contributed by atoms with E-state index >= 15 is 0 Å². The second-order valence-corrected chi connectivity index (χ2v) is 7.02. The molecule has 1 saturated heterocycles. The number of nitrogens with zero attached hydrogens (tertiary/aromatic N) is 4. The SMILES string of the molecule is Cn1nccc1[C@@H]1OCCC[C@H]1c1nnc(COC2CCCCC2)o1. The molecule has 0 aromatic carbocycles. The Morgan fingerprint density at radius 1 is 1.16 bits per heavy atom. The highest BCUT2D eigenvalue weighted by Gasteiger charge is 2.34. The van der Waals surface area contributed by atoms with Gasteiger partial charge in [-0.2, -0.15) is 5.10 Å². The summed E-state index contributed by atoms with van der Waals surface area (Å²) < 4.78 is 19.7. The first-order chi connectivity index (χ1) is 12.3. The van der Waals surface area contributed by atoms with E-state index in [0.717, 1.165) is 38.0 Å². The van der Waals surface area contributed by atoms with Crippen LogP contribution in [0.25, 0.3) is 0 Å². The summed E-state index contributed by atoms with van der Waals surface area (Å²) >= 11 is 0. The van der Waals surface area contributed by atoms with Gasteiger partial charge in [0, 0.05) is 19.9 Å². The maximum absolute atomic E-state index is 6.01. The van der Waals surface area contributed by atoms with Crippen molar-refractivity contribution in [1.82, 2.24) is 20.0 Å². The fourth-order valence-corrected chi connectivity index (χ4v) is 3.88. The highest BCUT2D eigenvalue weighted by atomic mass is 16.5. The van der Waals surface area contributed by atoms with Crippen LogP contribution in [-0.4, -0.2) is 32.7 Å². The summed E-state index contributed by atoms with van der Waals surface area (Å²) in [5, 5.41) is 12.7. The van der Waals surface area contributed by atoms with Crippen molar-refractivity contribution in [1.29, 1.82) is 0 Å². The fraction of sp³-hybridized carbons (Fsp3) is 0.722. The van der Waals surface area contributed by atoms with Crippen molar-refractivity contribution in [3.05, 3.63) is 29.7 Å². The van der Waals surface area contributed by atoms with Crippen LogP contribution in [0.3, 0.4) is 0 Å². The zero-order valence-corrected chi connectivity index (χ0v) is 14.8. The van der Waals surface area contributed by atoms with Crippen LogP contribution >= 0.6 is 0 Å². The molecule has 1 aliphatic heterocycles. The third-order valence-electron chi connectivity index (χ3n) is 5.27. The second-order valence-electron chi connectivity index (χ2n) is 7.02. The maximum Gasteiger partial charge on any atom is 0.242 e. The lowest BCUT2D eigenvalue weighted by Crippen LogP contribution is -2.23. The first-order valence-corrected chi connectivity index (χ1v) is 9.34. The molecule has 2 fully saturated rings. The maximum atomic E-state index is 6.01. The first kappa shape index (κ1) is 16.7. The molecule has 25 heavy (non-hydrogen) atoms. The summed E-state index contributed by atoms with van der Waals surface area (Å²) in [6, 6.07) is 1.99. The molecule has 0 spiro atoms. The van der Waals surface area contributed by atoms with Crippen molar-refractivity contribution in [3.63, 3.8) is 0 Å². The predicted molar refractivity (Wildman–Crippen MR) is 89.8 cm³/mol. The lowest BCUT2D eigenvalue weighted by Gasteiger charge is -2.29. The zero-order chi connectivity index (χ0) is 17.1. The van der Waals surface area contributed by atoms with Crippen LogP contribution in [0, 0.1) is 0 Å². The minimum atomic E-state index is -0.0891. The molecule has 2 aromatic rings. The normalized spacial score (nSPS) is 25.3. The number of aromatic nitrogens is 4. The van der Waals surface area contributed by atoms with Crippen LogP contribution in [0.5, 0.6) is 0 Å². The molecule has 0 amide bonds. The van der Waals surface area contributed by atoms with Crippen LogP contribution in [0.4, 0.5) is 0 Å². The zero-order valence-electron chi connectivity index (χ0n) is 14.8. The number of hydrogen-bond acceptors (Lipinski definition) is 6. The molecule has 4 rings (SSSR count). The molecule has 0 unspecified atom stereocenters. The third kappa shape index (κ3) is 3.77. The van der Waals surface area contributed by atoms with Gasteiger partial charge in [-0.15, -0.1) is 10.2 Å². The molecule has 7 heteroatoms. The molecule has 2 atom stereocenters. The number of ether oxygens (including phenoxy) is 2. The Labute approximate surface area is 147 Å². The van der Waals surface area contributed by atoms with Crippen molar-refractivity contribution in [3.8, 4) is 0 Å². The minimum Gasteiger partial charge on any atom is -0.422 e. The Morgan fingerprint density at radius 2 is 2.04 bits per heavy atom. The largest absolute Gasteiger partial charge is 0.422 e. The lowest BCUT2D eigenvalue weighted by atomic mass is 9.92. The van der Waals surface area contributed by atoms with Crippen molar-refractivity contribution < 1.29 is 13.9 Å². The summed E-state index contributed by atoms with van der Waals surface area (Å²) in [6.45, 7) is 1.15. The van der Waals surface area contributed by atoms with Gasteiger partial charge in [-0.3, -0.25) is 4.68 Å². The van der Waals surface area contributed by atoms with Gasteiger partial charge in [0.1, 0.15) is 12.7 Å². The summed E-state index contributed by atoms with van der Waals surface area (Å²) in [6.07, 6.45) is 10.1. The van der Waals surface area contributed by atoms with Gasteiger partial charge in [0.05, 0.1) is 17.7 Å². The Hall–Kier alpha value is -1.73. The van der Waals surface area contributed by atoms with Crippen molar-refractivity contribution in [2.75, 3.05) is 6.61 Å². The van der Waals surface area contributed by atoms with E-state index in [0.29, 0.717) is 24.5 Å². The molecule has 2 aliphatic rings. The van der Waals surface area contributed by atoms with Gasteiger partial charge in [-0.1, -0.05) is 19.3 Å². The number of hydrogen-bond donors (Lipinski definition) is 0. The van der Waals surface area contributed by atoms with Crippen LogP contribution < -0.4 is 0 Å². The van der Waals surface area contributed by atoms with E-state index in [4.69, 9.17) is 13.9 Å². The molecule has 3 heterocycles. The van der Waals surface area contributed by atoms with Crippen LogP contribution in [0.2, 0.25) is 0 Å². The standard InChI is InChI=1S/C18H26N4O3/c1-22-15(9-10-19-22)17-14(8-5-11-23-17)18-21-20-16(25-18)12-24-13-6-3-2-4-7-13/h9-10,13-14,17H,2-8,11-12H2,1H3/t14-,17-/m1/s1. The summed E-state index contributed by atoms with van der Waals surface area (Å²) in [4.78, 5) is 0. The van der Waals surface area contributed by atoms with E-state index in [2.05, 4.69) is 15.3 Å². The Balaban J connectivity index is 1.43. The molecule has 0 radical (unpaired) electrons. The van der Waals surface area contributed by atoms with Gasteiger partial charge in [-0.25, -0.2) is 0 Å². The Kier molecular flexibility index (Phi) is 5.12. The molecule has 1 saturated carbocycles. The lowest BCUT2D eigenvalue weighted by molar-refractivity contribution is -0.0162. The van der Waals surface area contributed by atoms with E-state index in [1.54, 1.807) is 6.20 Å². The van der Waals surface area contributed by atoms with Gasteiger partial charge in [-0.05, 0) is 31.7 Å². The van der Waals surface area contributed by atoms with Crippen molar-refractivity contribution >= 4 is 0 Å². The first-order valence-electron chi connectivity index (χ1n) is 9.34. The number of rotatable bonds is 5. The molecule has 2 aromatic heterocycles. The molecule has 1 aliphatic carbocycles. The molecule has 0 N–H and O–H groups in total. The van der Waals surface area contributed by atoms with E-state index in [9.17, 15) is 0 Å². The minimum absolute atomic E-state index is 0.0695. The van der Waals surface area contributed by atoms with Crippen LogP contribution in [-0.2, 0) is 23.1 Å². The molecule has 0 bridgehead atoms. The molecule has 136 valence electrons. The quantitative estimate of drug-likeness (QED) is 0.827. The smallest absolute Gasteiger partial charge is 0.242 e. The fourth-order valence-electron chi connectivity index (χ4n) is 3.88. The average molecular weight is 346 g/mol. The second kappa shape index (κ2) is 7.66. The van der Waals surface area contributed by atoms with Crippen LogP contribution in [0.15, 0.2) is 16.7 Å². The van der Waals surface area contributed by atoms with Gasteiger partial charge < -0.3 is 13.9 Å². The molecular weight excluding hydrogens is 320 g/mol. The van der Waals surface area contributed by atoms with E-state index in [-0.39, 0.29) is 12.0 Å². The summed E-state index contributed by atoms with van der Waals surface area (Å²) in [5.41, 5.74) is 1.04. The average Bonchev–Trinajstić information content (AvgIpc) is 3.30. The topological polar surface area (TPSA) is 75.2 Å². The molecular formula is C18H26N4O3.